The van der Waals surface area contributed by atoms with Crippen LogP contribution in [0.5, 0.6) is 5.75 Å². The standard InChI is InChI=1S/C26H37N9O4/c1-25(2)8-10-39-18-13(5-3-6-14(18)25)21(37)31-17-12-35-24(28)32-16(11-30-22(38)15-7-4-9-29-15)19-26(35,20(17)36)34-23(27)33-19/h3,5-6,15-17,19-20,29,36H,4,7-12H2,1-2H3,(H2,28,32)(H,30,38)(H,31,37)(H3,27,33,34)/t15?,16-,17?,19?,20+,26?/m0/s1. The third-order valence-corrected chi connectivity index (χ3v) is 8.90. The van der Waals surface area contributed by atoms with E-state index < -0.39 is 29.9 Å². The van der Waals surface area contributed by atoms with Crippen molar-refractivity contribution in [3.8, 4) is 5.75 Å². The Bertz CT molecular complexity index is 1220. The van der Waals surface area contributed by atoms with Gasteiger partial charge in [0.1, 0.15) is 11.9 Å². The number of rotatable bonds is 5. The topological polar surface area (TPSA) is 187 Å². The van der Waals surface area contributed by atoms with E-state index in [1.54, 1.807) is 11.0 Å². The summed E-state index contributed by atoms with van der Waals surface area (Å²) in [7, 11) is 0. The molecule has 210 valence electrons. The first-order valence-corrected chi connectivity index (χ1v) is 13.6. The number of carbonyl (C=O) groups excluding carboxylic acids is 2. The fourth-order valence-electron chi connectivity index (χ4n) is 6.74. The lowest BCUT2D eigenvalue weighted by atomic mass is 9.79. The number of nitrogens with one attached hydrogen (secondary N) is 8. The molecule has 1 spiro atoms. The Kier molecular flexibility index (Phi) is 6.10. The molecule has 5 heterocycles. The molecule has 5 aliphatic rings. The number of amides is 2. The van der Waals surface area contributed by atoms with Gasteiger partial charge in [-0.25, -0.2) is 0 Å². The molecule has 13 heteroatoms. The van der Waals surface area contributed by atoms with Crippen LogP contribution in [0, 0.1) is 10.8 Å². The van der Waals surface area contributed by atoms with Gasteiger partial charge in [-0.3, -0.25) is 20.4 Å². The minimum atomic E-state index is -1.24. The largest absolute Gasteiger partial charge is 0.492 e. The van der Waals surface area contributed by atoms with E-state index in [0.29, 0.717) is 17.9 Å². The molecule has 4 saturated heterocycles. The smallest absolute Gasteiger partial charge is 0.255 e. The number of guanidine groups is 2. The summed E-state index contributed by atoms with van der Waals surface area (Å²) < 4.78 is 5.93. The number of nitrogens with zero attached hydrogens (tertiary/aromatic N) is 1. The fraction of sp³-hybridized carbons (Fsp3) is 0.615. The van der Waals surface area contributed by atoms with Gasteiger partial charge >= 0.3 is 0 Å². The van der Waals surface area contributed by atoms with Crippen LogP contribution in [0.15, 0.2) is 18.2 Å². The molecule has 0 aliphatic carbocycles. The van der Waals surface area contributed by atoms with Gasteiger partial charge in [0.2, 0.25) is 5.91 Å². The number of fused-ring (bicyclic) bond motifs is 1. The molecule has 6 rings (SSSR count). The van der Waals surface area contributed by atoms with Crippen molar-refractivity contribution in [3.05, 3.63) is 29.3 Å². The zero-order chi connectivity index (χ0) is 27.5. The molecule has 1 aromatic carbocycles. The molecule has 6 atom stereocenters. The summed E-state index contributed by atoms with van der Waals surface area (Å²) in [6.45, 7) is 5.94. The average molecular weight is 540 g/mol. The van der Waals surface area contributed by atoms with Crippen molar-refractivity contribution in [2.24, 2.45) is 0 Å². The van der Waals surface area contributed by atoms with E-state index in [9.17, 15) is 14.7 Å². The van der Waals surface area contributed by atoms with E-state index in [1.807, 2.05) is 12.1 Å². The van der Waals surface area contributed by atoms with Crippen LogP contribution < -0.4 is 36.6 Å². The summed E-state index contributed by atoms with van der Waals surface area (Å²) in [5.41, 5.74) is 0.0178. The van der Waals surface area contributed by atoms with E-state index >= 15 is 0 Å². The maximum absolute atomic E-state index is 13.5. The van der Waals surface area contributed by atoms with Gasteiger partial charge in [-0.15, -0.1) is 0 Å². The van der Waals surface area contributed by atoms with E-state index in [2.05, 4.69) is 45.7 Å². The normalized spacial score (nSPS) is 34.0. The van der Waals surface area contributed by atoms with Gasteiger partial charge in [-0.1, -0.05) is 26.0 Å². The molecule has 9 N–H and O–H groups in total. The van der Waals surface area contributed by atoms with Crippen LogP contribution in [-0.2, 0) is 10.2 Å². The molecule has 0 radical (unpaired) electrons. The molecular formula is C26H37N9O4. The van der Waals surface area contributed by atoms with E-state index in [0.717, 1.165) is 31.4 Å². The Labute approximate surface area is 226 Å². The predicted octanol–water partition coefficient (Wildman–Crippen LogP) is -1.51. The van der Waals surface area contributed by atoms with Crippen LogP contribution in [0.25, 0.3) is 0 Å². The first-order valence-electron chi connectivity index (χ1n) is 13.6. The maximum Gasteiger partial charge on any atom is 0.255 e. The fourth-order valence-corrected chi connectivity index (χ4v) is 6.74. The molecule has 1 aromatic rings. The second-order valence-electron chi connectivity index (χ2n) is 11.7. The Morgan fingerprint density at radius 2 is 2.08 bits per heavy atom. The van der Waals surface area contributed by atoms with Gasteiger partial charge in [0.15, 0.2) is 17.6 Å². The SMILES string of the molecule is CC1(C)CCOc2c(C(=O)NC3CN4C(=N)N[C@@H](CNC(=O)C5CCCN5)C5NC(=N)NC54[C@@H]3O)cccc21. The summed E-state index contributed by atoms with van der Waals surface area (Å²) in [5, 5.41) is 47.0. The van der Waals surface area contributed by atoms with Crippen molar-refractivity contribution in [2.75, 3.05) is 26.2 Å². The quantitative estimate of drug-likeness (QED) is 0.214. The van der Waals surface area contributed by atoms with Crippen molar-refractivity contribution < 1.29 is 19.4 Å². The highest BCUT2D eigenvalue weighted by atomic mass is 16.5. The van der Waals surface area contributed by atoms with Crippen LogP contribution in [0.4, 0.5) is 0 Å². The van der Waals surface area contributed by atoms with Gasteiger partial charge in [-0.2, -0.15) is 0 Å². The number of hydrogen-bond donors (Lipinski definition) is 9. The van der Waals surface area contributed by atoms with Crippen molar-refractivity contribution in [2.45, 2.75) is 74.5 Å². The Morgan fingerprint density at radius 3 is 2.85 bits per heavy atom. The second kappa shape index (κ2) is 9.26. The molecule has 2 amide bonds. The third kappa shape index (κ3) is 4.06. The number of ether oxygens (including phenoxy) is 1. The number of hydrogen-bond acceptors (Lipinski definition) is 7. The van der Waals surface area contributed by atoms with Gasteiger partial charge < -0.3 is 46.6 Å². The average Bonchev–Trinajstić information content (AvgIpc) is 3.62. The highest BCUT2D eigenvalue weighted by Crippen LogP contribution is 2.41. The Morgan fingerprint density at radius 1 is 1.26 bits per heavy atom. The molecule has 13 nitrogen and oxygen atoms in total. The molecular weight excluding hydrogens is 502 g/mol. The molecule has 5 aliphatic heterocycles. The van der Waals surface area contributed by atoms with Crippen LogP contribution in [0.1, 0.15) is 49.0 Å². The van der Waals surface area contributed by atoms with Gasteiger partial charge in [-0.05, 0) is 37.3 Å². The number of carbonyl (C=O) groups is 2. The number of benzene rings is 1. The first-order chi connectivity index (χ1) is 18.6. The van der Waals surface area contributed by atoms with E-state index in [-0.39, 0.29) is 48.3 Å². The monoisotopic (exact) mass is 539 g/mol. The number of aliphatic hydroxyl groups is 1. The number of para-hydroxylation sites is 1. The van der Waals surface area contributed by atoms with Crippen LogP contribution in [0.2, 0.25) is 0 Å². The summed E-state index contributed by atoms with van der Waals surface area (Å²) in [5.74, 6) is 0.152. The molecule has 0 bridgehead atoms. The van der Waals surface area contributed by atoms with Crippen LogP contribution in [0.3, 0.4) is 0 Å². The zero-order valence-corrected chi connectivity index (χ0v) is 22.2. The molecule has 4 unspecified atom stereocenters. The first kappa shape index (κ1) is 25.7. The lowest BCUT2D eigenvalue weighted by molar-refractivity contribution is -0.123. The summed E-state index contributed by atoms with van der Waals surface area (Å²) in [4.78, 5) is 27.8. The van der Waals surface area contributed by atoms with E-state index in [4.69, 9.17) is 15.6 Å². The molecule has 39 heavy (non-hydrogen) atoms. The summed E-state index contributed by atoms with van der Waals surface area (Å²) >= 11 is 0. The molecule has 0 aromatic heterocycles. The number of aliphatic hydroxyl groups excluding tert-OH is 1. The summed E-state index contributed by atoms with van der Waals surface area (Å²) in [6.07, 6.45) is 1.42. The maximum atomic E-state index is 13.5. The minimum Gasteiger partial charge on any atom is -0.492 e. The Hall–Kier alpha value is -3.58. The van der Waals surface area contributed by atoms with Crippen molar-refractivity contribution in [3.63, 3.8) is 0 Å². The van der Waals surface area contributed by atoms with Crippen molar-refractivity contribution in [1.29, 1.82) is 10.8 Å². The third-order valence-electron chi connectivity index (χ3n) is 8.90. The minimum absolute atomic E-state index is 0.00840. The Balaban J connectivity index is 1.22. The highest BCUT2D eigenvalue weighted by molar-refractivity contribution is 5.98. The molecule has 0 saturated carbocycles. The lowest BCUT2D eigenvalue weighted by Crippen LogP contribution is -2.78. The van der Waals surface area contributed by atoms with Gasteiger partial charge in [0.05, 0.1) is 36.3 Å². The van der Waals surface area contributed by atoms with Crippen molar-refractivity contribution in [1.82, 2.24) is 36.8 Å². The van der Waals surface area contributed by atoms with E-state index in [1.165, 1.54) is 0 Å². The highest BCUT2D eigenvalue weighted by Gasteiger charge is 2.66. The van der Waals surface area contributed by atoms with Crippen LogP contribution in [-0.4, -0.2) is 95.9 Å². The van der Waals surface area contributed by atoms with Gasteiger partial charge in [0, 0.05) is 18.7 Å². The van der Waals surface area contributed by atoms with Gasteiger partial charge in [0.25, 0.3) is 5.91 Å². The zero-order valence-electron chi connectivity index (χ0n) is 22.2. The molecule has 4 fully saturated rings. The van der Waals surface area contributed by atoms with Crippen molar-refractivity contribution >= 4 is 23.7 Å². The second-order valence-corrected chi connectivity index (χ2v) is 11.7. The predicted molar refractivity (Wildman–Crippen MR) is 143 cm³/mol. The van der Waals surface area contributed by atoms with Crippen LogP contribution >= 0.6 is 0 Å². The summed E-state index contributed by atoms with van der Waals surface area (Å²) in [6, 6.07) is 3.55. The lowest BCUT2D eigenvalue weighted by Gasteiger charge is -2.49.